The maximum atomic E-state index is 12.6. The number of aliphatic hydroxyl groups is 1. The molecule has 0 spiro atoms. The normalized spacial score (nSPS) is 33.7. The summed E-state index contributed by atoms with van der Waals surface area (Å²) in [6, 6.07) is 8.09. The number of aliphatic hydroxyl groups excluding tert-OH is 1. The van der Waals surface area contributed by atoms with E-state index in [2.05, 4.69) is 24.4 Å². The second-order valence-electron chi connectivity index (χ2n) is 7.91. The van der Waals surface area contributed by atoms with Crippen molar-refractivity contribution >= 4 is 11.8 Å². The Hall–Kier alpha value is -1.88. The molecule has 2 amide bonds. The molecule has 1 aromatic carbocycles. The Kier molecular flexibility index (Phi) is 4.28. The molecule has 2 N–H and O–H groups in total. The number of rotatable bonds is 1. The molecule has 0 radical (unpaired) electrons. The molecule has 134 valence electrons. The topological polar surface area (TPSA) is 69.6 Å². The summed E-state index contributed by atoms with van der Waals surface area (Å²) < 4.78 is 0. The summed E-state index contributed by atoms with van der Waals surface area (Å²) in [6.45, 7) is 3.32. The van der Waals surface area contributed by atoms with Crippen molar-refractivity contribution in [2.75, 3.05) is 13.1 Å². The number of hydrogen-bond acceptors (Lipinski definition) is 3. The largest absolute Gasteiger partial charge is 0.393 e. The van der Waals surface area contributed by atoms with Gasteiger partial charge >= 0.3 is 11.8 Å². The lowest BCUT2D eigenvalue weighted by molar-refractivity contribution is -0.145. The Morgan fingerprint density at radius 1 is 1.08 bits per heavy atom. The Balaban J connectivity index is 1.43. The van der Waals surface area contributed by atoms with E-state index < -0.39 is 11.8 Å². The molecule has 2 aliphatic carbocycles. The molecule has 5 heteroatoms. The third-order valence-corrected chi connectivity index (χ3v) is 6.40. The van der Waals surface area contributed by atoms with Gasteiger partial charge in [0.2, 0.25) is 0 Å². The van der Waals surface area contributed by atoms with Crippen LogP contribution in [-0.2, 0) is 9.59 Å². The number of benzene rings is 1. The molecule has 2 fully saturated rings. The van der Waals surface area contributed by atoms with E-state index in [1.807, 2.05) is 12.1 Å². The number of carbonyl (C=O) groups is 2. The van der Waals surface area contributed by atoms with Crippen LogP contribution in [0.1, 0.15) is 55.7 Å². The van der Waals surface area contributed by atoms with E-state index in [0.29, 0.717) is 24.9 Å². The number of likely N-dealkylation sites (tertiary alicyclic amines) is 1. The van der Waals surface area contributed by atoms with Crippen LogP contribution in [0.15, 0.2) is 24.3 Å². The van der Waals surface area contributed by atoms with Gasteiger partial charge in [-0.1, -0.05) is 31.2 Å². The van der Waals surface area contributed by atoms with Crippen LogP contribution in [0.5, 0.6) is 0 Å². The second kappa shape index (κ2) is 6.45. The average Bonchev–Trinajstić information content (AvgIpc) is 3.19. The average molecular weight is 342 g/mol. The van der Waals surface area contributed by atoms with Gasteiger partial charge in [-0.15, -0.1) is 0 Å². The molecular weight excluding hydrogens is 316 g/mol. The highest BCUT2D eigenvalue weighted by molar-refractivity contribution is 6.35. The van der Waals surface area contributed by atoms with E-state index in [1.165, 1.54) is 5.56 Å². The molecule has 0 bridgehead atoms. The zero-order chi connectivity index (χ0) is 17.6. The fourth-order valence-corrected chi connectivity index (χ4v) is 4.92. The van der Waals surface area contributed by atoms with Gasteiger partial charge in [0.05, 0.1) is 12.1 Å². The smallest absolute Gasteiger partial charge is 0.311 e. The van der Waals surface area contributed by atoms with E-state index in [1.54, 1.807) is 4.90 Å². The molecule has 5 atom stereocenters. The predicted octanol–water partition coefficient (Wildman–Crippen LogP) is 1.97. The van der Waals surface area contributed by atoms with Crippen molar-refractivity contribution in [1.82, 2.24) is 10.2 Å². The van der Waals surface area contributed by atoms with Crippen molar-refractivity contribution in [3.8, 4) is 0 Å². The summed E-state index contributed by atoms with van der Waals surface area (Å²) >= 11 is 0. The number of carbonyl (C=O) groups excluding carboxylic acids is 2. The van der Waals surface area contributed by atoms with Crippen LogP contribution in [0.25, 0.3) is 0 Å². The monoisotopic (exact) mass is 342 g/mol. The van der Waals surface area contributed by atoms with Crippen molar-refractivity contribution in [3.05, 3.63) is 35.4 Å². The molecule has 0 aromatic heterocycles. The highest BCUT2D eigenvalue weighted by atomic mass is 16.3. The van der Waals surface area contributed by atoms with Gasteiger partial charge < -0.3 is 15.3 Å². The molecule has 25 heavy (non-hydrogen) atoms. The minimum absolute atomic E-state index is 0.0865. The minimum Gasteiger partial charge on any atom is -0.393 e. The van der Waals surface area contributed by atoms with Crippen molar-refractivity contribution in [2.24, 2.45) is 11.8 Å². The van der Waals surface area contributed by atoms with Crippen molar-refractivity contribution in [2.45, 2.75) is 50.7 Å². The standard InChI is InChI=1S/C20H26N2O3/c1-12-6-8-17(15-5-3-2-4-14(12)15)21-19(24)20(25)22-10-13-7-9-18(23)16(13)11-22/h2-5,12-13,16-18,23H,6-11H2,1H3,(H,21,24)/t12?,13-,16+,17?,18-/m0/s1. The number of nitrogens with zero attached hydrogens (tertiary/aromatic N) is 1. The van der Waals surface area contributed by atoms with Crippen LogP contribution in [0.4, 0.5) is 0 Å². The zero-order valence-corrected chi connectivity index (χ0v) is 14.6. The van der Waals surface area contributed by atoms with E-state index in [0.717, 1.165) is 31.2 Å². The van der Waals surface area contributed by atoms with Crippen LogP contribution < -0.4 is 5.32 Å². The number of hydrogen-bond donors (Lipinski definition) is 2. The summed E-state index contributed by atoms with van der Waals surface area (Å²) in [5, 5.41) is 13.0. The van der Waals surface area contributed by atoms with Gasteiger partial charge in [-0.2, -0.15) is 0 Å². The number of amides is 2. The molecule has 5 nitrogen and oxygen atoms in total. The predicted molar refractivity (Wildman–Crippen MR) is 93.8 cm³/mol. The number of fused-ring (bicyclic) bond motifs is 2. The first-order valence-electron chi connectivity index (χ1n) is 9.41. The Morgan fingerprint density at radius 2 is 1.84 bits per heavy atom. The number of nitrogens with one attached hydrogen (secondary N) is 1. The SMILES string of the molecule is CC1CCC(NC(=O)C(=O)N2C[C@@H]3CC[C@H](O)[C@@H]3C2)c2ccccc21. The molecule has 2 unspecified atom stereocenters. The summed E-state index contributed by atoms with van der Waals surface area (Å²) in [5.41, 5.74) is 2.40. The molecule has 1 aromatic rings. The van der Waals surface area contributed by atoms with Crippen LogP contribution >= 0.6 is 0 Å². The van der Waals surface area contributed by atoms with Crippen LogP contribution in [-0.4, -0.2) is 41.0 Å². The quantitative estimate of drug-likeness (QED) is 0.767. The second-order valence-corrected chi connectivity index (χ2v) is 7.91. The van der Waals surface area contributed by atoms with Gasteiger partial charge in [-0.3, -0.25) is 9.59 Å². The van der Waals surface area contributed by atoms with Gasteiger partial charge in [-0.25, -0.2) is 0 Å². The minimum atomic E-state index is -0.510. The lowest BCUT2D eigenvalue weighted by Gasteiger charge is -2.30. The van der Waals surface area contributed by atoms with Gasteiger partial charge in [-0.05, 0) is 48.6 Å². The van der Waals surface area contributed by atoms with E-state index in [9.17, 15) is 14.7 Å². The lowest BCUT2D eigenvalue weighted by Crippen LogP contribution is -2.44. The fourth-order valence-electron chi connectivity index (χ4n) is 4.92. The van der Waals surface area contributed by atoms with Crippen molar-refractivity contribution in [1.29, 1.82) is 0 Å². The molecule has 1 aliphatic heterocycles. The highest BCUT2D eigenvalue weighted by Gasteiger charge is 2.44. The Morgan fingerprint density at radius 3 is 2.60 bits per heavy atom. The van der Waals surface area contributed by atoms with E-state index >= 15 is 0 Å². The molecule has 4 rings (SSSR count). The molecule has 1 saturated heterocycles. The molecule has 3 aliphatic rings. The zero-order valence-electron chi connectivity index (χ0n) is 14.6. The third-order valence-electron chi connectivity index (χ3n) is 6.40. The molecular formula is C20H26N2O3. The Labute approximate surface area is 148 Å². The van der Waals surface area contributed by atoms with Gasteiger partial charge in [0, 0.05) is 19.0 Å². The van der Waals surface area contributed by atoms with Crippen molar-refractivity contribution < 1.29 is 14.7 Å². The van der Waals surface area contributed by atoms with Gasteiger partial charge in [0.1, 0.15) is 0 Å². The fraction of sp³-hybridized carbons (Fsp3) is 0.600. The van der Waals surface area contributed by atoms with Crippen LogP contribution in [0.3, 0.4) is 0 Å². The molecule has 1 saturated carbocycles. The third kappa shape index (κ3) is 2.95. The highest BCUT2D eigenvalue weighted by Crippen LogP contribution is 2.39. The van der Waals surface area contributed by atoms with Crippen LogP contribution in [0.2, 0.25) is 0 Å². The van der Waals surface area contributed by atoms with Gasteiger partial charge in [0.25, 0.3) is 0 Å². The molecule has 1 heterocycles. The summed E-state index contributed by atoms with van der Waals surface area (Å²) in [6.07, 6.45) is 3.32. The van der Waals surface area contributed by atoms with E-state index in [-0.39, 0.29) is 18.1 Å². The van der Waals surface area contributed by atoms with Gasteiger partial charge in [0.15, 0.2) is 0 Å². The summed E-state index contributed by atoms with van der Waals surface area (Å²) in [7, 11) is 0. The maximum Gasteiger partial charge on any atom is 0.311 e. The van der Waals surface area contributed by atoms with Crippen molar-refractivity contribution in [3.63, 3.8) is 0 Å². The first-order chi connectivity index (χ1) is 12.0. The van der Waals surface area contributed by atoms with E-state index in [4.69, 9.17) is 0 Å². The first-order valence-corrected chi connectivity index (χ1v) is 9.41. The maximum absolute atomic E-state index is 12.6. The summed E-state index contributed by atoms with van der Waals surface area (Å²) in [4.78, 5) is 26.7. The first kappa shape index (κ1) is 16.6. The van der Waals surface area contributed by atoms with Crippen LogP contribution in [0, 0.1) is 11.8 Å². The summed E-state index contributed by atoms with van der Waals surface area (Å²) in [5.74, 6) is 0.0250. The Bertz CT molecular complexity index is 689. The lowest BCUT2D eigenvalue weighted by atomic mass is 9.81.